The van der Waals surface area contributed by atoms with E-state index in [9.17, 15) is 4.39 Å². The van der Waals surface area contributed by atoms with Gasteiger partial charge in [-0.1, -0.05) is 0 Å². The standard InChI is InChI=1S/C13H22FN3O/c1-10(2)18-6-5-17(4)13-11(8-15-3)7-12(14)9-16-13/h7,9-10,15H,5-6,8H2,1-4H3. The molecular weight excluding hydrogens is 233 g/mol. The third-order valence-electron chi connectivity index (χ3n) is 2.52. The van der Waals surface area contributed by atoms with Crippen LogP contribution in [0.25, 0.3) is 0 Å². The average molecular weight is 255 g/mol. The Hall–Kier alpha value is -1.20. The molecule has 0 spiro atoms. The van der Waals surface area contributed by atoms with Crippen LogP contribution in [0.15, 0.2) is 12.3 Å². The molecule has 102 valence electrons. The molecule has 5 heteroatoms. The molecule has 0 amide bonds. The largest absolute Gasteiger partial charge is 0.377 e. The maximum Gasteiger partial charge on any atom is 0.141 e. The highest BCUT2D eigenvalue weighted by Crippen LogP contribution is 2.17. The van der Waals surface area contributed by atoms with Crippen molar-refractivity contribution in [3.8, 4) is 0 Å². The highest BCUT2D eigenvalue weighted by atomic mass is 19.1. The Morgan fingerprint density at radius 3 is 2.83 bits per heavy atom. The number of hydrogen-bond donors (Lipinski definition) is 1. The van der Waals surface area contributed by atoms with Gasteiger partial charge in [0.05, 0.1) is 18.9 Å². The number of anilines is 1. The molecule has 0 fully saturated rings. The summed E-state index contributed by atoms with van der Waals surface area (Å²) >= 11 is 0. The summed E-state index contributed by atoms with van der Waals surface area (Å²) < 4.78 is 18.7. The fourth-order valence-corrected chi connectivity index (χ4v) is 1.67. The van der Waals surface area contributed by atoms with Crippen LogP contribution in [-0.4, -0.2) is 38.3 Å². The van der Waals surface area contributed by atoms with E-state index >= 15 is 0 Å². The first-order valence-electron chi connectivity index (χ1n) is 6.16. The van der Waals surface area contributed by atoms with E-state index in [-0.39, 0.29) is 11.9 Å². The van der Waals surface area contributed by atoms with Crippen LogP contribution in [0.5, 0.6) is 0 Å². The van der Waals surface area contributed by atoms with Crippen LogP contribution < -0.4 is 10.2 Å². The number of rotatable bonds is 7. The van der Waals surface area contributed by atoms with Crippen LogP contribution in [0, 0.1) is 5.82 Å². The Morgan fingerprint density at radius 1 is 1.50 bits per heavy atom. The van der Waals surface area contributed by atoms with Gasteiger partial charge in [0.1, 0.15) is 11.6 Å². The molecule has 0 atom stereocenters. The van der Waals surface area contributed by atoms with Crippen molar-refractivity contribution < 1.29 is 9.13 Å². The highest BCUT2D eigenvalue weighted by molar-refractivity contribution is 5.46. The van der Waals surface area contributed by atoms with Gasteiger partial charge in [-0.2, -0.15) is 0 Å². The van der Waals surface area contributed by atoms with Crippen LogP contribution in [0.3, 0.4) is 0 Å². The molecular formula is C13H22FN3O. The summed E-state index contributed by atoms with van der Waals surface area (Å²) in [6.07, 6.45) is 1.46. The second kappa shape index (κ2) is 7.28. The molecule has 0 bridgehead atoms. The Kier molecular flexibility index (Phi) is 6.01. The second-order valence-corrected chi connectivity index (χ2v) is 4.51. The van der Waals surface area contributed by atoms with E-state index in [1.807, 2.05) is 32.8 Å². The molecule has 0 aromatic carbocycles. The van der Waals surface area contributed by atoms with Gasteiger partial charge in [0.2, 0.25) is 0 Å². The second-order valence-electron chi connectivity index (χ2n) is 4.51. The normalized spacial score (nSPS) is 11.0. The van der Waals surface area contributed by atoms with Gasteiger partial charge in [0, 0.05) is 25.7 Å². The summed E-state index contributed by atoms with van der Waals surface area (Å²) in [7, 11) is 3.76. The third-order valence-corrected chi connectivity index (χ3v) is 2.52. The summed E-state index contributed by atoms with van der Waals surface area (Å²) in [5.41, 5.74) is 0.851. The molecule has 0 saturated carbocycles. The number of pyridine rings is 1. The Bertz CT molecular complexity index is 371. The van der Waals surface area contributed by atoms with E-state index in [0.717, 1.165) is 17.9 Å². The topological polar surface area (TPSA) is 37.4 Å². The smallest absolute Gasteiger partial charge is 0.141 e. The summed E-state index contributed by atoms with van der Waals surface area (Å²) in [4.78, 5) is 6.13. The molecule has 0 aliphatic carbocycles. The van der Waals surface area contributed by atoms with Gasteiger partial charge >= 0.3 is 0 Å². The summed E-state index contributed by atoms with van der Waals surface area (Å²) in [5, 5.41) is 3.02. The minimum absolute atomic E-state index is 0.219. The molecule has 0 saturated heterocycles. The third kappa shape index (κ3) is 4.58. The lowest BCUT2D eigenvalue weighted by Crippen LogP contribution is -2.26. The minimum Gasteiger partial charge on any atom is -0.377 e. The Morgan fingerprint density at radius 2 is 2.22 bits per heavy atom. The van der Waals surface area contributed by atoms with Crippen molar-refractivity contribution >= 4 is 5.82 Å². The zero-order valence-electron chi connectivity index (χ0n) is 11.5. The van der Waals surface area contributed by atoms with E-state index in [1.54, 1.807) is 0 Å². The zero-order chi connectivity index (χ0) is 13.5. The summed E-state index contributed by atoms with van der Waals surface area (Å²) in [6, 6.07) is 1.51. The molecule has 1 aromatic rings. The van der Waals surface area contributed by atoms with Crippen LogP contribution in [-0.2, 0) is 11.3 Å². The van der Waals surface area contributed by atoms with E-state index in [0.29, 0.717) is 13.2 Å². The molecule has 0 aliphatic rings. The fraction of sp³-hybridized carbons (Fsp3) is 0.615. The predicted octanol–water partition coefficient (Wildman–Crippen LogP) is 1.80. The highest BCUT2D eigenvalue weighted by Gasteiger charge is 2.10. The van der Waals surface area contributed by atoms with Gasteiger partial charge in [-0.3, -0.25) is 0 Å². The van der Waals surface area contributed by atoms with Crippen LogP contribution in [0.2, 0.25) is 0 Å². The van der Waals surface area contributed by atoms with Gasteiger partial charge in [-0.25, -0.2) is 9.37 Å². The maximum absolute atomic E-state index is 13.2. The SMILES string of the molecule is CNCc1cc(F)cnc1N(C)CCOC(C)C. The van der Waals surface area contributed by atoms with Crippen molar-refractivity contribution in [3.63, 3.8) is 0 Å². The van der Waals surface area contributed by atoms with Crippen LogP contribution in [0.4, 0.5) is 10.2 Å². The predicted molar refractivity (Wildman–Crippen MR) is 71.3 cm³/mol. The molecule has 0 aliphatic heterocycles. The van der Waals surface area contributed by atoms with E-state index < -0.39 is 0 Å². The van der Waals surface area contributed by atoms with Crippen molar-refractivity contribution in [2.75, 3.05) is 32.1 Å². The number of halogens is 1. The Labute approximate surface area is 108 Å². The number of ether oxygens (including phenoxy) is 1. The zero-order valence-corrected chi connectivity index (χ0v) is 11.5. The average Bonchev–Trinajstić information content (AvgIpc) is 2.29. The lowest BCUT2D eigenvalue weighted by molar-refractivity contribution is 0.0845. The van der Waals surface area contributed by atoms with Crippen molar-refractivity contribution in [2.24, 2.45) is 0 Å². The molecule has 18 heavy (non-hydrogen) atoms. The maximum atomic E-state index is 13.2. The van der Waals surface area contributed by atoms with Gasteiger partial charge in [0.15, 0.2) is 0 Å². The molecule has 0 unspecified atom stereocenters. The van der Waals surface area contributed by atoms with Gasteiger partial charge in [0.25, 0.3) is 0 Å². The first kappa shape index (κ1) is 14.9. The summed E-state index contributed by atoms with van der Waals surface area (Å²) in [6.45, 7) is 5.96. The molecule has 1 N–H and O–H groups in total. The van der Waals surface area contributed by atoms with Gasteiger partial charge in [-0.05, 0) is 27.0 Å². The number of nitrogens with zero attached hydrogens (tertiary/aromatic N) is 2. The molecule has 1 heterocycles. The number of aromatic nitrogens is 1. The van der Waals surface area contributed by atoms with Crippen LogP contribution >= 0.6 is 0 Å². The van der Waals surface area contributed by atoms with Crippen molar-refractivity contribution in [1.82, 2.24) is 10.3 Å². The quantitative estimate of drug-likeness (QED) is 0.806. The lowest BCUT2D eigenvalue weighted by Gasteiger charge is -2.21. The van der Waals surface area contributed by atoms with E-state index in [2.05, 4.69) is 10.3 Å². The number of nitrogens with one attached hydrogen (secondary N) is 1. The minimum atomic E-state index is -0.309. The van der Waals surface area contributed by atoms with Gasteiger partial charge in [-0.15, -0.1) is 0 Å². The molecule has 0 radical (unpaired) electrons. The van der Waals surface area contributed by atoms with E-state index in [4.69, 9.17) is 4.74 Å². The summed E-state index contributed by atoms with van der Waals surface area (Å²) in [5.74, 6) is 0.480. The number of hydrogen-bond acceptors (Lipinski definition) is 4. The van der Waals surface area contributed by atoms with Gasteiger partial charge < -0.3 is 15.0 Å². The first-order chi connectivity index (χ1) is 8.54. The fourth-order valence-electron chi connectivity index (χ4n) is 1.67. The molecule has 4 nitrogen and oxygen atoms in total. The first-order valence-corrected chi connectivity index (χ1v) is 6.16. The van der Waals surface area contributed by atoms with Crippen molar-refractivity contribution in [2.45, 2.75) is 26.5 Å². The Balaban J connectivity index is 2.68. The monoisotopic (exact) mass is 255 g/mol. The molecule has 1 aromatic heterocycles. The number of likely N-dealkylation sites (N-methyl/N-ethyl adjacent to an activating group) is 1. The molecule has 1 rings (SSSR count). The van der Waals surface area contributed by atoms with Crippen molar-refractivity contribution in [1.29, 1.82) is 0 Å². The van der Waals surface area contributed by atoms with E-state index in [1.165, 1.54) is 12.3 Å². The lowest BCUT2D eigenvalue weighted by atomic mass is 10.2. The van der Waals surface area contributed by atoms with Crippen molar-refractivity contribution in [3.05, 3.63) is 23.6 Å². The van der Waals surface area contributed by atoms with Crippen LogP contribution in [0.1, 0.15) is 19.4 Å².